The predicted molar refractivity (Wildman–Crippen MR) is 75.1 cm³/mol. The van der Waals surface area contributed by atoms with Crippen LogP contribution in [0.2, 0.25) is 0 Å². The van der Waals surface area contributed by atoms with Crippen molar-refractivity contribution >= 4 is 6.09 Å². The van der Waals surface area contributed by atoms with E-state index in [1.807, 2.05) is 27.7 Å². The van der Waals surface area contributed by atoms with Crippen LogP contribution < -0.4 is 5.32 Å². The lowest BCUT2D eigenvalue weighted by Crippen LogP contribution is -2.52. The number of hydrogen-bond donors (Lipinski definition) is 2. The highest BCUT2D eigenvalue weighted by atomic mass is 16.6. The Morgan fingerprint density at radius 2 is 2.21 bits per heavy atom. The van der Waals surface area contributed by atoms with Gasteiger partial charge in [0, 0.05) is 25.2 Å². The summed E-state index contributed by atoms with van der Waals surface area (Å²) in [5.74, 6) is 0. The van der Waals surface area contributed by atoms with E-state index in [0.29, 0.717) is 6.54 Å². The van der Waals surface area contributed by atoms with Crippen molar-refractivity contribution < 1.29 is 14.6 Å². The van der Waals surface area contributed by atoms with Crippen molar-refractivity contribution in [3.8, 4) is 0 Å². The summed E-state index contributed by atoms with van der Waals surface area (Å²) in [5.41, 5.74) is -0.450. The Morgan fingerprint density at radius 1 is 1.53 bits per heavy atom. The van der Waals surface area contributed by atoms with Gasteiger partial charge in [0.1, 0.15) is 5.60 Å². The van der Waals surface area contributed by atoms with Gasteiger partial charge in [0.05, 0.1) is 6.61 Å². The van der Waals surface area contributed by atoms with E-state index in [2.05, 4.69) is 5.32 Å². The third-order valence-electron chi connectivity index (χ3n) is 3.26. The first kappa shape index (κ1) is 16.2. The second-order valence-electron chi connectivity index (χ2n) is 6.22. The summed E-state index contributed by atoms with van der Waals surface area (Å²) in [7, 11) is 0. The van der Waals surface area contributed by atoms with Crippen molar-refractivity contribution in [2.45, 2.75) is 64.6 Å². The van der Waals surface area contributed by atoms with Gasteiger partial charge in [-0.3, -0.25) is 0 Å². The molecule has 5 heteroatoms. The molecule has 1 fully saturated rings. The van der Waals surface area contributed by atoms with Crippen molar-refractivity contribution in [2.24, 2.45) is 0 Å². The topological polar surface area (TPSA) is 61.8 Å². The van der Waals surface area contributed by atoms with Crippen LogP contribution in [-0.4, -0.2) is 53.5 Å². The van der Waals surface area contributed by atoms with Gasteiger partial charge in [-0.2, -0.15) is 0 Å². The average molecular weight is 272 g/mol. The van der Waals surface area contributed by atoms with Gasteiger partial charge in [-0.05, 0) is 40.0 Å². The monoisotopic (exact) mass is 272 g/mol. The number of rotatable bonds is 4. The summed E-state index contributed by atoms with van der Waals surface area (Å²) in [6.07, 6.45) is 2.66. The molecule has 1 amide bonds. The highest BCUT2D eigenvalue weighted by Gasteiger charge is 2.28. The maximum absolute atomic E-state index is 12.0. The fourth-order valence-corrected chi connectivity index (χ4v) is 2.24. The number of carbonyl (C=O) groups excluding carboxylic acids is 1. The maximum Gasteiger partial charge on any atom is 0.410 e. The number of carbonyl (C=O) groups is 1. The molecule has 0 aromatic heterocycles. The van der Waals surface area contributed by atoms with E-state index in [0.717, 1.165) is 25.8 Å². The Morgan fingerprint density at radius 3 is 2.74 bits per heavy atom. The first-order valence-corrected chi connectivity index (χ1v) is 7.20. The molecule has 0 aliphatic carbocycles. The first-order chi connectivity index (χ1) is 8.85. The third kappa shape index (κ3) is 5.78. The van der Waals surface area contributed by atoms with Gasteiger partial charge < -0.3 is 20.1 Å². The zero-order valence-electron chi connectivity index (χ0n) is 12.6. The number of likely N-dealkylation sites (tertiary alicyclic amines) is 1. The fourth-order valence-electron chi connectivity index (χ4n) is 2.24. The van der Waals surface area contributed by atoms with E-state index in [1.165, 1.54) is 0 Å². The summed E-state index contributed by atoms with van der Waals surface area (Å²) in [4.78, 5) is 13.8. The van der Waals surface area contributed by atoms with Crippen LogP contribution in [0, 0.1) is 0 Å². The largest absolute Gasteiger partial charge is 0.444 e. The van der Waals surface area contributed by atoms with Crippen LogP contribution in [0.3, 0.4) is 0 Å². The van der Waals surface area contributed by atoms with Gasteiger partial charge >= 0.3 is 6.09 Å². The Bertz CT molecular complexity index is 285. The molecule has 1 rings (SSSR count). The number of nitrogens with one attached hydrogen (secondary N) is 1. The van der Waals surface area contributed by atoms with E-state index >= 15 is 0 Å². The second-order valence-corrected chi connectivity index (χ2v) is 6.22. The lowest BCUT2D eigenvalue weighted by molar-refractivity contribution is 0.0180. The van der Waals surface area contributed by atoms with Gasteiger partial charge in [-0.25, -0.2) is 4.79 Å². The molecule has 19 heavy (non-hydrogen) atoms. The van der Waals surface area contributed by atoms with Gasteiger partial charge in [0.2, 0.25) is 0 Å². The molecule has 1 saturated heterocycles. The summed E-state index contributed by atoms with van der Waals surface area (Å²) in [5, 5.41) is 12.6. The molecule has 112 valence electrons. The van der Waals surface area contributed by atoms with E-state index in [4.69, 9.17) is 4.74 Å². The van der Waals surface area contributed by atoms with Crippen LogP contribution in [0.1, 0.15) is 47.0 Å². The molecule has 0 aromatic rings. The highest BCUT2D eigenvalue weighted by molar-refractivity contribution is 5.68. The normalized spacial score (nSPS) is 22.2. The van der Waals surface area contributed by atoms with Crippen molar-refractivity contribution in [1.29, 1.82) is 0 Å². The SMILES string of the molecule is CC[C@H](CO)NC1CCCN(C(=O)OC(C)(C)C)C1. The molecule has 0 aromatic carbocycles. The molecule has 2 N–H and O–H groups in total. The van der Waals surface area contributed by atoms with Crippen molar-refractivity contribution in [2.75, 3.05) is 19.7 Å². The number of amides is 1. The van der Waals surface area contributed by atoms with E-state index < -0.39 is 5.60 Å². The van der Waals surface area contributed by atoms with Gasteiger partial charge in [-0.15, -0.1) is 0 Å². The molecule has 0 bridgehead atoms. The highest BCUT2D eigenvalue weighted by Crippen LogP contribution is 2.15. The van der Waals surface area contributed by atoms with Crippen LogP contribution in [0.5, 0.6) is 0 Å². The predicted octanol–water partition coefficient (Wildman–Crippen LogP) is 1.75. The van der Waals surface area contributed by atoms with Crippen LogP contribution in [0.4, 0.5) is 4.79 Å². The summed E-state index contributed by atoms with van der Waals surface area (Å²) in [6, 6.07) is 0.363. The van der Waals surface area contributed by atoms with Gasteiger partial charge in [0.15, 0.2) is 0 Å². The fraction of sp³-hybridized carbons (Fsp3) is 0.929. The molecule has 0 spiro atoms. The van der Waals surface area contributed by atoms with Crippen LogP contribution in [-0.2, 0) is 4.74 Å². The number of aliphatic hydroxyl groups is 1. The minimum absolute atomic E-state index is 0.114. The Hall–Kier alpha value is -0.810. The molecule has 1 heterocycles. The molecule has 1 aliphatic heterocycles. The molecule has 1 unspecified atom stereocenters. The average Bonchev–Trinajstić information content (AvgIpc) is 2.34. The quantitative estimate of drug-likeness (QED) is 0.818. The Kier molecular flexibility index (Phi) is 6.07. The standard InChI is InChI=1S/C14H28N2O3/c1-5-11(10-17)15-12-7-6-8-16(9-12)13(18)19-14(2,3)4/h11-12,15,17H,5-10H2,1-4H3/t11-,12?/m1/s1. The van der Waals surface area contributed by atoms with E-state index in [-0.39, 0.29) is 24.8 Å². The Balaban J connectivity index is 2.47. The molecule has 2 atom stereocenters. The van der Waals surface area contributed by atoms with Crippen LogP contribution in [0.15, 0.2) is 0 Å². The van der Waals surface area contributed by atoms with E-state index in [9.17, 15) is 9.90 Å². The van der Waals surface area contributed by atoms with Gasteiger partial charge in [-0.1, -0.05) is 6.92 Å². The molecule has 5 nitrogen and oxygen atoms in total. The smallest absolute Gasteiger partial charge is 0.410 e. The van der Waals surface area contributed by atoms with Crippen molar-refractivity contribution in [3.63, 3.8) is 0 Å². The molecular weight excluding hydrogens is 244 g/mol. The summed E-state index contributed by atoms with van der Waals surface area (Å²) < 4.78 is 5.39. The lowest BCUT2D eigenvalue weighted by atomic mass is 10.0. The number of aliphatic hydroxyl groups excluding tert-OH is 1. The molecule has 0 saturated carbocycles. The minimum Gasteiger partial charge on any atom is -0.444 e. The molecule has 1 aliphatic rings. The first-order valence-electron chi connectivity index (χ1n) is 7.20. The van der Waals surface area contributed by atoms with Crippen molar-refractivity contribution in [1.82, 2.24) is 10.2 Å². The van der Waals surface area contributed by atoms with Crippen molar-refractivity contribution in [3.05, 3.63) is 0 Å². The minimum atomic E-state index is -0.450. The third-order valence-corrected chi connectivity index (χ3v) is 3.26. The van der Waals surface area contributed by atoms with Crippen LogP contribution in [0.25, 0.3) is 0 Å². The zero-order valence-corrected chi connectivity index (χ0v) is 12.6. The number of ether oxygens (including phenoxy) is 1. The number of hydrogen-bond acceptors (Lipinski definition) is 4. The summed E-state index contributed by atoms with van der Waals surface area (Å²) in [6.45, 7) is 9.23. The Labute approximate surface area is 116 Å². The summed E-state index contributed by atoms with van der Waals surface area (Å²) >= 11 is 0. The second kappa shape index (κ2) is 7.10. The zero-order chi connectivity index (χ0) is 14.5. The number of piperidine rings is 1. The van der Waals surface area contributed by atoms with Crippen LogP contribution >= 0.6 is 0 Å². The maximum atomic E-state index is 12.0. The van der Waals surface area contributed by atoms with Gasteiger partial charge in [0.25, 0.3) is 0 Å². The lowest BCUT2D eigenvalue weighted by Gasteiger charge is -2.35. The molecule has 0 radical (unpaired) electrons. The molecular formula is C14H28N2O3. The van der Waals surface area contributed by atoms with E-state index in [1.54, 1.807) is 4.90 Å². The number of nitrogens with zero attached hydrogens (tertiary/aromatic N) is 1.